The molecule has 1 aromatic rings. The Morgan fingerprint density at radius 2 is 2.33 bits per heavy atom. The Labute approximate surface area is 73.8 Å². The summed E-state index contributed by atoms with van der Waals surface area (Å²) in [6.45, 7) is 5.11. The van der Waals surface area contributed by atoms with E-state index in [2.05, 4.69) is 13.8 Å². The average molecular weight is 167 g/mol. The summed E-state index contributed by atoms with van der Waals surface area (Å²) in [4.78, 5) is 0. The molecule has 1 heterocycles. The van der Waals surface area contributed by atoms with Crippen molar-refractivity contribution in [3.05, 3.63) is 24.2 Å². The van der Waals surface area contributed by atoms with Gasteiger partial charge in [-0.2, -0.15) is 0 Å². The van der Waals surface area contributed by atoms with Crippen LogP contribution >= 0.6 is 0 Å². The van der Waals surface area contributed by atoms with Crippen LogP contribution in [0.5, 0.6) is 0 Å². The van der Waals surface area contributed by atoms with Gasteiger partial charge in [0.25, 0.3) is 0 Å². The zero-order chi connectivity index (χ0) is 9.03. The lowest BCUT2D eigenvalue weighted by atomic mass is 9.82. The minimum Gasteiger partial charge on any atom is -0.472 e. The molecule has 0 fully saturated rings. The first-order valence-corrected chi connectivity index (χ1v) is 4.41. The van der Waals surface area contributed by atoms with Crippen molar-refractivity contribution < 1.29 is 4.42 Å². The highest BCUT2D eigenvalue weighted by Crippen LogP contribution is 2.24. The summed E-state index contributed by atoms with van der Waals surface area (Å²) < 4.78 is 5.01. The molecule has 68 valence electrons. The monoisotopic (exact) mass is 167 g/mol. The highest BCUT2D eigenvalue weighted by molar-refractivity contribution is 5.08. The molecule has 0 amide bonds. The van der Waals surface area contributed by atoms with Crippen molar-refractivity contribution in [2.45, 2.75) is 26.7 Å². The molecule has 0 saturated carbocycles. The van der Waals surface area contributed by atoms with E-state index in [4.69, 9.17) is 10.2 Å². The fourth-order valence-electron chi connectivity index (χ4n) is 1.23. The minimum atomic E-state index is 0.226. The maximum absolute atomic E-state index is 5.70. The van der Waals surface area contributed by atoms with Crippen molar-refractivity contribution in [3.63, 3.8) is 0 Å². The summed E-state index contributed by atoms with van der Waals surface area (Å²) in [5.41, 5.74) is 7.17. The minimum absolute atomic E-state index is 0.226. The number of nitrogens with two attached hydrogens (primary N) is 1. The van der Waals surface area contributed by atoms with Gasteiger partial charge in [0.2, 0.25) is 0 Å². The summed E-state index contributed by atoms with van der Waals surface area (Å²) in [6, 6.07) is 2.00. The Morgan fingerprint density at radius 1 is 1.58 bits per heavy atom. The lowest BCUT2D eigenvalue weighted by molar-refractivity contribution is 0.319. The molecule has 0 aliphatic carbocycles. The van der Waals surface area contributed by atoms with Gasteiger partial charge in [0.15, 0.2) is 0 Å². The molecule has 1 atom stereocenters. The Kier molecular flexibility index (Phi) is 2.93. The van der Waals surface area contributed by atoms with Crippen LogP contribution in [-0.2, 0) is 6.42 Å². The lowest BCUT2D eigenvalue weighted by Crippen LogP contribution is -2.28. The highest BCUT2D eigenvalue weighted by Gasteiger charge is 2.20. The molecule has 0 aliphatic rings. The van der Waals surface area contributed by atoms with Crippen LogP contribution in [0.4, 0.5) is 0 Å². The smallest absolute Gasteiger partial charge is 0.0934 e. The van der Waals surface area contributed by atoms with Crippen LogP contribution in [0.25, 0.3) is 0 Å². The molecule has 1 rings (SSSR count). The van der Waals surface area contributed by atoms with E-state index in [0.717, 1.165) is 19.4 Å². The average Bonchev–Trinajstić information content (AvgIpc) is 2.57. The predicted octanol–water partition coefficient (Wildman–Crippen LogP) is 2.20. The molecule has 0 spiro atoms. The lowest BCUT2D eigenvalue weighted by Gasteiger charge is -2.25. The quantitative estimate of drug-likeness (QED) is 0.746. The maximum atomic E-state index is 5.70. The zero-order valence-electron chi connectivity index (χ0n) is 7.84. The molecule has 0 saturated heterocycles. The van der Waals surface area contributed by atoms with Gasteiger partial charge in [-0.05, 0) is 36.4 Å². The van der Waals surface area contributed by atoms with Crippen LogP contribution in [0.15, 0.2) is 23.0 Å². The first-order valence-electron chi connectivity index (χ1n) is 4.41. The van der Waals surface area contributed by atoms with E-state index in [9.17, 15) is 0 Å². The standard InChI is InChI=1S/C10H17NO/c1-3-10(2,8-11)6-9-4-5-12-7-9/h4-5,7H,3,6,8,11H2,1-2H3. The topological polar surface area (TPSA) is 39.2 Å². The van der Waals surface area contributed by atoms with Crippen LogP contribution in [-0.4, -0.2) is 6.54 Å². The number of hydrogen-bond acceptors (Lipinski definition) is 2. The van der Waals surface area contributed by atoms with Gasteiger partial charge in [-0.1, -0.05) is 13.8 Å². The SMILES string of the molecule is CCC(C)(CN)Cc1ccoc1. The Morgan fingerprint density at radius 3 is 2.75 bits per heavy atom. The van der Waals surface area contributed by atoms with Gasteiger partial charge in [-0.25, -0.2) is 0 Å². The molecule has 0 radical (unpaired) electrons. The molecule has 2 nitrogen and oxygen atoms in total. The number of rotatable bonds is 4. The van der Waals surface area contributed by atoms with E-state index in [-0.39, 0.29) is 5.41 Å². The Bertz CT molecular complexity index is 212. The van der Waals surface area contributed by atoms with Gasteiger partial charge in [0.05, 0.1) is 12.5 Å². The highest BCUT2D eigenvalue weighted by atomic mass is 16.3. The summed E-state index contributed by atoms with van der Waals surface area (Å²) in [7, 11) is 0. The largest absolute Gasteiger partial charge is 0.472 e. The van der Waals surface area contributed by atoms with Crippen molar-refractivity contribution in [3.8, 4) is 0 Å². The molecular formula is C10H17NO. The molecule has 0 bridgehead atoms. The summed E-state index contributed by atoms with van der Waals surface area (Å²) in [6.07, 6.45) is 5.62. The van der Waals surface area contributed by atoms with Crippen molar-refractivity contribution in [2.75, 3.05) is 6.54 Å². The van der Waals surface area contributed by atoms with Gasteiger partial charge >= 0.3 is 0 Å². The molecular weight excluding hydrogens is 150 g/mol. The third-order valence-electron chi connectivity index (χ3n) is 2.56. The van der Waals surface area contributed by atoms with Crippen LogP contribution in [0.1, 0.15) is 25.8 Å². The molecule has 1 aromatic heterocycles. The molecule has 0 aromatic carbocycles. The van der Waals surface area contributed by atoms with Crippen LogP contribution in [0.2, 0.25) is 0 Å². The summed E-state index contributed by atoms with van der Waals surface area (Å²) >= 11 is 0. The van der Waals surface area contributed by atoms with Crippen LogP contribution < -0.4 is 5.73 Å². The fourth-order valence-corrected chi connectivity index (χ4v) is 1.23. The van der Waals surface area contributed by atoms with Crippen molar-refractivity contribution in [1.82, 2.24) is 0 Å². The first-order chi connectivity index (χ1) is 5.70. The second-order valence-corrected chi connectivity index (χ2v) is 3.68. The Hall–Kier alpha value is -0.760. The number of furan rings is 1. The van der Waals surface area contributed by atoms with E-state index >= 15 is 0 Å². The van der Waals surface area contributed by atoms with E-state index < -0.39 is 0 Å². The normalized spacial score (nSPS) is 15.9. The second-order valence-electron chi connectivity index (χ2n) is 3.68. The van der Waals surface area contributed by atoms with E-state index in [1.54, 1.807) is 12.5 Å². The van der Waals surface area contributed by atoms with Crippen LogP contribution in [0, 0.1) is 5.41 Å². The molecule has 1 unspecified atom stereocenters. The summed E-state index contributed by atoms with van der Waals surface area (Å²) in [5, 5.41) is 0. The third kappa shape index (κ3) is 2.11. The van der Waals surface area contributed by atoms with Crippen molar-refractivity contribution in [2.24, 2.45) is 11.1 Å². The van der Waals surface area contributed by atoms with Gasteiger partial charge in [0, 0.05) is 0 Å². The van der Waals surface area contributed by atoms with E-state index in [0.29, 0.717) is 0 Å². The maximum Gasteiger partial charge on any atom is 0.0934 e. The second kappa shape index (κ2) is 3.76. The van der Waals surface area contributed by atoms with Crippen LogP contribution in [0.3, 0.4) is 0 Å². The van der Waals surface area contributed by atoms with Gasteiger partial charge < -0.3 is 10.2 Å². The van der Waals surface area contributed by atoms with Crippen molar-refractivity contribution in [1.29, 1.82) is 0 Å². The van der Waals surface area contributed by atoms with Gasteiger partial charge in [-0.15, -0.1) is 0 Å². The zero-order valence-corrected chi connectivity index (χ0v) is 7.84. The molecule has 2 N–H and O–H groups in total. The molecule has 2 heteroatoms. The van der Waals surface area contributed by atoms with E-state index in [1.165, 1.54) is 5.56 Å². The molecule has 0 aliphatic heterocycles. The van der Waals surface area contributed by atoms with E-state index in [1.807, 2.05) is 6.07 Å². The summed E-state index contributed by atoms with van der Waals surface area (Å²) in [5.74, 6) is 0. The van der Waals surface area contributed by atoms with Crippen molar-refractivity contribution >= 4 is 0 Å². The predicted molar refractivity (Wildman–Crippen MR) is 49.9 cm³/mol. The first kappa shape index (κ1) is 9.33. The third-order valence-corrected chi connectivity index (χ3v) is 2.56. The van der Waals surface area contributed by atoms with Gasteiger partial charge in [0.1, 0.15) is 0 Å². The number of hydrogen-bond donors (Lipinski definition) is 1. The Balaban J connectivity index is 2.60. The van der Waals surface area contributed by atoms with Gasteiger partial charge in [-0.3, -0.25) is 0 Å². The molecule has 12 heavy (non-hydrogen) atoms. The fraction of sp³-hybridized carbons (Fsp3) is 0.600.